The van der Waals surface area contributed by atoms with Gasteiger partial charge in [0.15, 0.2) is 0 Å². The first kappa shape index (κ1) is 13.4. The normalized spacial score (nSPS) is 27.1. The molecule has 0 bridgehead atoms. The van der Waals surface area contributed by atoms with E-state index in [1.54, 1.807) is 7.11 Å². The predicted molar refractivity (Wildman–Crippen MR) is 61.1 cm³/mol. The Kier molecular flexibility index (Phi) is 5.18. The maximum Gasteiger partial charge on any atom is 0.237 e. The molecule has 5 heteroatoms. The summed E-state index contributed by atoms with van der Waals surface area (Å²) in [6.45, 7) is 5.12. The Morgan fingerprint density at radius 2 is 2.31 bits per heavy atom. The molecule has 0 aromatic carbocycles. The third kappa shape index (κ3) is 3.73. The van der Waals surface area contributed by atoms with Crippen LogP contribution in [0.15, 0.2) is 0 Å². The molecule has 1 fully saturated rings. The van der Waals surface area contributed by atoms with Crippen molar-refractivity contribution in [3.05, 3.63) is 0 Å². The van der Waals surface area contributed by atoms with Gasteiger partial charge in [-0.3, -0.25) is 4.79 Å². The Labute approximate surface area is 96.6 Å². The Bertz CT molecular complexity index is 233. The molecule has 5 nitrogen and oxygen atoms in total. The van der Waals surface area contributed by atoms with Crippen LogP contribution >= 0.6 is 0 Å². The fourth-order valence-electron chi connectivity index (χ4n) is 1.83. The molecule has 1 saturated heterocycles. The lowest BCUT2D eigenvalue weighted by atomic mass is 10.1. The Morgan fingerprint density at radius 1 is 1.62 bits per heavy atom. The molecule has 94 valence electrons. The number of amides is 1. The molecule has 1 rings (SSSR count). The van der Waals surface area contributed by atoms with Gasteiger partial charge in [0.25, 0.3) is 0 Å². The number of rotatable bonds is 5. The molecule has 0 radical (unpaired) electrons. The van der Waals surface area contributed by atoms with E-state index in [1.165, 1.54) is 0 Å². The van der Waals surface area contributed by atoms with Crippen LogP contribution in [0.5, 0.6) is 0 Å². The number of hydrogen-bond acceptors (Lipinski definition) is 4. The van der Waals surface area contributed by atoms with Crippen LogP contribution in [-0.4, -0.2) is 49.5 Å². The Hall–Kier alpha value is -0.650. The number of nitrogens with one attached hydrogen (secondary N) is 2. The minimum Gasteiger partial charge on any atom is -0.392 e. The molecular weight excluding hydrogens is 208 g/mol. The van der Waals surface area contributed by atoms with Gasteiger partial charge in [-0.1, -0.05) is 13.8 Å². The topological polar surface area (TPSA) is 70.6 Å². The number of carbonyl (C=O) groups excluding carboxylic acids is 1. The standard InChI is InChI=1S/C11H22N2O3/c1-7(2)10(16-3)6-13-11(15)9-4-8(14)5-12-9/h7-10,12,14H,4-6H2,1-3H3,(H,13,15). The van der Waals surface area contributed by atoms with E-state index in [-0.39, 0.29) is 18.1 Å². The Balaban J connectivity index is 2.29. The van der Waals surface area contributed by atoms with Gasteiger partial charge in [0.1, 0.15) is 0 Å². The molecule has 0 aromatic rings. The molecule has 3 N–H and O–H groups in total. The maximum atomic E-state index is 11.7. The second-order valence-electron chi connectivity index (χ2n) is 4.61. The molecule has 1 heterocycles. The molecule has 16 heavy (non-hydrogen) atoms. The monoisotopic (exact) mass is 230 g/mol. The quantitative estimate of drug-likeness (QED) is 0.595. The number of aliphatic hydroxyl groups is 1. The summed E-state index contributed by atoms with van der Waals surface area (Å²) in [5.74, 6) is 0.312. The van der Waals surface area contributed by atoms with E-state index in [0.29, 0.717) is 25.4 Å². The molecular formula is C11H22N2O3. The van der Waals surface area contributed by atoms with Crippen LogP contribution in [0.1, 0.15) is 20.3 Å². The largest absolute Gasteiger partial charge is 0.392 e. The highest BCUT2D eigenvalue weighted by Crippen LogP contribution is 2.07. The number of aliphatic hydroxyl groups excluding tert-OH is 1. The zero-order valence-corrected chi connectivity index (χ0v) is 10.2. The van der Waals surface area contributed by atoms with Crippen LogP contribution in [0.4, 0.5) is 0 Å². The summed E-state index contributed by atoms with van der Waals surface area (Å²) < 4.78 is 5.26. The second kappa shape index (κ2) is 6.18. The summed E-state index contributed by atoms with van der Waals surface area (Å²) in [4.78, 5) is 11.7. The number of β-amino-alcohol motifs (C(OH)–C–C–N with tert-alkyl or cyclic N) is 1. The maximum absolute atomic E-state index is 11.7. The van der Waals surface area contributed by atoms with Gasteiger partial charge >= 0.3 is 0 Å². The van der Waals surface area contributed by atoms with E-state index in [9.17, 15) is 9.90 Å². The number of methoxy groups -OCH3 is 1. The summed E-state index contributed by atoms with van der Waals surface area (Å²) in [5.41, 5.74) is 0. The van der Waals surface area contributed by atoms with E-state index >= 15 is 0 Å². The van der Waals surface area contributed by atoms with E-state index in [0.717, 1.165) is 0 Å². The molecule has 0 spiro atoms. The predicted octanol–water partition coefficient (Wildman–Crippen LogP) is -0.504. The summed E-state index contributed by atoms with van der Waals surface area (Å²) in [5, 5.41) is 15.1. The smallest absolute Gasteiger partial charge is 0.237 e. The first-order valence-electron chi connectivity index (χ1n) is 5.76. The molecule has 3 atom stereocenters. The number of ether oxygens (including phenoxy) is 1. The zero-order chi connectivity index (χ0) is 12.1. The third-order valence-electron chi connectivity index (χ3n) is 2.95. The minimum absolute atomic E-state index is 0.0373. The van der Waals surface area contributed by atoms with Crippen molar-refractivity contribution in [1.29, 1.82) is 0 Å². The van der Waals surface area contributed by atoms with Crippen molar-refractivity contribution in [2.75, 3.05) is 20.2 Å². The van der Waals surface area contributed by atoms with Crippen LogP contribution in [0.25, 0.3) is 0 Å². The van der Waals surface area contributed by atoms with Crippen LogP contribution in [0.2, 0.25) is 0 Å². The van der Waals surface area contributed by atoms with Crippen LogP contribution < -0.4 is 10.6 Å². The SMILES string of the molecule is COC(CNC(=O)C1CC(O)CN1)C(C)C. The average Bonchev–Trinajstić information content (AvgIpc) is 2.65. The van der Waals surface area contributed by atoms with Crippen LogP contribution in [0, 0.1) is 5.92 Å². The van der Waals surface area contributed by atoms with Crippen molar-refractivity contribution >= 4 is 5.91 Å². The number of hydrogen-bond donors (Lipinski definition) is 3. The van der Waals surface area contributed by atoms with Gasteiger partial charge in [-0.2, -0.15) is 0 Å². The molecule has 1 aliphatic heterocycles. The summed E-state index contributed by atoms with van der Waals surface area (Å²) in [7, 11) is 1.65. The van der Waals surface area contributed by atoms with Gasteiger partial charge in [0, 0.05) is 20.2 Å². The first-order valence-corrected chi connectivity index (χ1v) is 5.76. The van der Waals surface area contributed by atoms with E-state index in [2.05, 4.69) is 24.5 Å². The lowest BCUT2D eigenvalue weighted by Gasteiger charge is -2.20. The van der Waals surface area contributed by atoms with Gasteiger partial charge < -0.3 is 20.5 Å². The van der Waals surface area contributed by atoms with Gasteiger partial charge in [0.05, 0.1) is 18.2 Å². The van der Waals surface area contributed by atoms with Crippen molar-refractivity contribution in [2.24, 2.45) is 5.92 Å². The van der Waals surface area contributed by atoms with Crippen molar-refractivity contribution in [3.63, 3.8) is 0 Å². The van der Waals surface area contributed by atoms with Crippen LogP contribution in [-0.2, 0) is 9.53 Å². The third-order valence-corrected chi connectivity index (χ3v) is 2.95. The molecule has 3 unspecified atom stereocenters. The van der Waals surface area contributed by atoms with Crippen molar-refractivity contribution in [1.82, 2.24) is 10.6 Å². The average molecular weight is 230 g/mol. The summed E-state index contributed by atoms with van der Waals surface area (Å²) >= 11 is 0. The highest BCUT2D eigenvalue weighted by molar-refractivity contribution is 5.82. The lowest BCUT2D eigenvalue weighted by molar-refractivity contribution is -0.123. The van der Waals surface area contributed by atoms with Gasteiger partial charge in [0.2, 0.25) is 5.91 Å². The van der Waals surface area contributed by atoms with Crippen molar-refractivity contribution in [3.8, 4) is 0 Å². The fourth-order valence-corrected chi connectivity index (χ4v) is 1.83. The Morgan fingerprint density at radius 3 is 2.75 bits per heavy atom. The summed E-state index contributed by atoms with van der Waals surface area (Å²) in [6.07, 6.45) is 0.125. The first-order chi connectivity index (χ1) is 7.54. The van der Waals surface area contributed by atoms with Gasteiger partial charge in [-0.15, -0.1) is 0 Å². The zero-order valence-electron chi connectivity index (χ0n) is 10.2. The fraction of sp³-hybridized carbons (Fsp3) is 0.909. The highest BCUT2D eigenvalue weighted by atomic mass is 16.5. The molecule has 0 aromatic heterocycles. The minimum atomic E-state index is -0.404. The van der Waals surface area contributed by atoms with Crippen molar-refractivity contribution in [2.45, 2.75) is 38.5 Å². The second-order valence-corrected chi connectivity index (χ2v) is 4.61. The van der Waals surface area contributed by atoms with Gasteiger partial charge in [-0.25, -0.2) is 0 Å². The van der Waals surface area contributed by atoms with E-state index in [4.69, 9.17) is 4.74 Å². The van der Waals surface area contributed by atoms with Crippen LogP contribution in [0.3, 0.4) is 0 Å². The molecule has 1 amide bonds. The number of carbonyl (C=O) groups is 1. The lowest BCUT2D eigenvalue weighted by Crippen LogP contribution is -2.44. The highest BCUT2D eigenvalue weighted by Gasteiger charge is 2.28. The molecule has 1 aliphatic rings. The van der Waals surface area contributed by atoms with Crippen molar-refractivity contribution < 1.29 is 14.6 Å². The summed E-state index contributed by atoms with van der Waals surface area (Å²) in [6, 6.07) is -0.264. The van der Waals surface area contributed by atoms with Gasteiger partial charge in [-0.05, 0) is 12.3 Å². The molecule has 0 aliphatic carbocycles. The molecule has 0 saturated carbocycles. The van der Waals surface area contributed by atoms with E-state index in [1.807, 2.05) is 0 Å². The van der Waals surface area contributed by atoms with E-state index < -0.39 is 6.10 Å².